The van der Waals surface area contributed by atoms with Crippen molar-refractivity contribution >= 4 is 17.7 Å². The minimum atomic E-state index is -0.647. The van der Waals surface area contributed by atoms with Crippen molar-refractivity contribution in [3.8, 4) is 5.75 Å². The van der Waals surface area contributed by atoms with E-state index in [9.17, 15) is 9.59 Å². The number of carbonyl (C=O) groups excluding carboxylic acids is 2. The summed E-state index contributed by atoms with van der Waals surface area (Å²) in [5.41, 5.74) is 6.88. The van der Waals surface area contributed by atoms with Crippen LogP contribution < -0.4 is 10.5 Å². The molecule has 0 saturated carbocycles. The van der Waals surface area contributed by atoms with Crippen molar-refractivity contribution in [2.24, 2.45) is 0 Å². The Labute approximate surface area is 130 Å². The Morgan fingerprint density at radius 3 is 2.59 bits per heavy atom. The Morgan fingerprint density at radius 1 is 1.32 bits per heavy atom. The van der Waals surface area contributed by atoms with Gasteiger partial charge in [0.25, 0.3) is 5.91 Å². The summed E-state index contributed by atoms with van der Waals surface area (Å²) in [6.07, 6.45) is 0.724. The van der Waals surface area contributed by atoms with Crippen molar-refractivity contribution in [3.05, 3.63) is 23.3 Å². The van der Waals surface area contributed by atoms with Gasteiger partial charge in [-0.2, -0.15) is 0 Å². The zero-order chi connectivity index (χ0) is 16.5. The molecule has 0 atom stereocenters. The second-order valence-corrected chi connectivity index (χ2v) is 6.29. The lowest BCUT2D eigenvalue weighted by Crippen LogP contribution is -2.40. The van der Waals surface area contributed by atoms with E-state index >= 15 is 0 Å². The van der Waals surface area contributed by atoms with Crippen LogP contribution in [0.15, 0.2) is 12.1 Å². The largest absolute Gasteiger partial charge is 0.495 e. The highest BCUT2D eigenvalue weighted by Gasteiger charge is 2.31. The van der Waals surface area contributed by atoms with E-state index in [1.807, 2.05) is 0 Å². The van der Waals surface area contributed by atoms with Crippen LogP contribution in [0.5, 0.6) is 5.75 Å². The standard InChI is InChI=1S/C16H22N2O4/c1-16(2,3)22-15(20)18-7-5-6-10-8-13(21-4)12(17)9-11(10)14(18)19/h8-9H,5-7,17H2,1-4H3. The van der Waals surface area contributed by atoms with Crippen LogP contribution in [0.25, 0.3) is 0 Å². The molecule has 6 nitrogen and oxygen atoms in total. The molecular weight excluding hydrogens is 284 g/mol. The number of hydrogen-bond acceptors (Lipinski definition) is 5. The molecule has 22 heavy (non-hydrogen) atoms. The first-order chi connectivity index (χ1) is 10.2. The Balaban J connectivity index is 2.34. The van der Waals surface area contributed by atoms with Crippen LogP contribution in [0, 0.1) is 0 Å². The predicted molar refractivity (Wildman–Crippen MR) is 83.0 cm³/mol. The van der Waals surface area contributed by atoms with Crippen molar-refractivity contribution in [2.75, 3.05) is 19.4 Å². The lowest BCUT2D eigenvalue weighted by molar-refractivity contribution is 0.0244. The maximum Gasteiger partial charge on any atom is 0.417 e. The molecule has 1 aliphatic heterocycles. The van der Waals surface area contributed by atoms with Crippen molar-refractivity contribution in [1.29, 1.82) is 0 Å². The van der Waals surface area contributed by atoms with E-state index in [4.69, 9.17) is 15.2 Å². The quantitative estimate of drug-likeness (QED) is 0.806. The molecule has 0 fully saturated rings. The van der Waals surface area contributed by atoms with Crippen molar-refractivity contribution < 1.29 is 19.1 Å². The number of nitrogens with two attached hydrogens (primary N) is 1. The number of ether oxygens (including phenoxy) is 2. The van der Waals surface area contributed by atoms with Gasteiger partial charge in [-0.25, -0.2) is 9.69 Å². The van der Waals surface area contributed by atoms with Gasteiger partial charge >= 0.3 is 6.09 Å². The van der Waals surface area contributed by atoms with Crippen LogP contribution >= 0.6 is 0 Å². The third-order valence-electron chi connectivity index (χ3n) is 3.37. The first kappa shape index (κ1) is 16.1. The summed E-state index contributed by atoms with van der Waals surface area (Å²) in [6, 6.07) is 3.33. The number of aryl methyl sites for hydroxylation is 1. The smallest absolute Gasteiger partial charge is 0.417 e. The topological polar surface area (TPSA) is 81.9 Å². The van der Waals surface area contributed by atoms with Crippen LogP contribution in [0.1, 0.15) is 43.1 Å². The van der Waals surface area contributed by atoms with Crippen LogP contribution in [-0.2, 0) is 11.2 Å². The Hall–Kier alpha value is -2.24. The SMILES string of the molecule is COc1cc2c(cc1N)C(=O)N(C(=O)OC(C)(C)C)CCC2. The lowest BCUT2D eigenvalue weighted by atomic mass is 10.0. The molecule has 6 heteroatoms. The highest BCUT2D eigenvalue weighted by atomic mass is 16.6. The first-order valence-corrected chi connectivity index (χ1v) is 7.24. The van der Waals surface area contributed by atoms with Gasteiger partial charge in [0.1, 0.15) is 11.4 Å². The fraction of sp³-hybridized carbons (Fsp3) is 0.500. The molecule has 0 aromatic heterocycles. The number of anilines is 1. The average molecular weight is 306 g/mol. The molecule has 0 radical (unpaired) electrons. The fourth-order valence-electron chi connectivity index (χ4n) is 2.39. The van der Waals surface area contributed by atoms with Gasteiger partial charge in [-0.3, -0.25) is 4.79 Å². The number of rotatable bonds is 1. The van der Waals surface area contributed by atoms with Gasteiger partial charge in [-0.15, -0.1) is 0 Å². The van der Waals surface area contributed by atoms with Crippen LogP contribution in [-0.4, -0.2) is 36.2 Å². The van der Waals surface area contributed by atoms with E-state index in [-0.39, 0.29) is 5.91 Å². The maximum atomic E-state index is 12.6. The second-order valence-electron chi connectivity index (χ2n) is 6.29. The number of carbonyl (C=O) groups is 2. The number of imide groups is 1. The summed E-state index contributed by atoms with van der Waals surface area (Å²) in [4.78, 5) is 26.0. The van der Waals surface area contributed by atoms with Crippen molar-refractivity contribution in [1.82, 2.24) is 4.90 Å². The zero-order valence-corrected chi connectivity index (χ0v) is 13.4. The average Bonchev–Trinajstić information content (AvgIpc) is 2.56. The molecule has 2 amide bonds. The highest BCUT2D eigenvalue weighted by molar-refractivity contribution is 6.05. The van der Waals surface area contributed by atoms with Crippen LogP contribution in [0.3, 0.4) is 0 Å². The zero-order valence-electron chi connectivity index (χ0n) is 13.4. The summed E-state index contributed by atoms with van der Waals surface area (Å²) < 4.78 is 10.5. The van der Waals surface area contributed by atoms with Gasteiger partial charge in [0, 0.05) is 12.1 Å². The van der Waals surface area contributed by atoms with E-state index in [0.717, 1.165) is 10.5 Å². The first-order valence-electron chi connectivity index (χ1n) is 7.24. The Morgan fingerprint density at radius 2 is 2.00 bits per heavy atom. The lowest BCUT2D eigenvalue weighted by Gasteiger charge is -2.25. The number of benzene rings is 1. The molecule has 0 spiro atoms. The van der Waals surface area contributed by atoms with E-state index in [1.165, 1.54) is 7.11 Å². The van der Waals surface area contributed by atoms with Crippen molar-refractivity contribution in [2.45, 2.75) is 39.2 Å². The van der Waals surface area contributed by atoms with E-state index in [2.05, 4.69) is 0 Å². The van der Waals surface area contributed by atoms with Gasteiger partial charge < -0.3 is 15.2 Å². The van der Waals surface area contributed by atoms with E-state index < -0.39 is 11.7 Å². The molecule has 0 saturated heterocycles. The summed E-state index contributed by atoms with van der Waals surface area (Å²) in [7, 11) is 1.53. The molecule has 2 N–H and O–H groups in total. The minimum absolute atomic E-state index is 0.324. The number of fused-ring (bicyclic) bond motifs is 1. The number of nitrogens with zero attached hydrogens (tertiary/aromatic N) is 1. The Bertz CT molecular complexity index is 605. The summed E-state index contributed by atoms with van der Waals surface area (Å²) in [6.45, 7) is 5.63. The normalized spacial score (nSPS) is 15.1. The molecule has 1 heterocycles. The van der Waals surface area contributed by atoms with Crippen LogP contribution in [0.4, 0.5) is 10.5 Å². The van der Waals surface area contributed by atoms with Gasteiger partial charge in [-0.1, -0.05) is 0 Å². The third-order valence-corrected chi connectivity index (χ3v) is 3.37. The minimum Gasteiger partial charge on any atom is -0.495 e. The molecule has 0 aliphatic carbocycles. The third kappa shape index (κ3) is 3.32. The number of methoxy groups -OCH3 is 1. The molecule has 0 unspecified atom stereocenters. The summed E-state index contributed by atoms with van der Waals surface area (Å²) in [5, 5.41) is 0. The maximum absolute atomic E-state index is 12.6. The van der Waals surface area contributed by atoms with Crippen LogP contribution in [0.2, 0.25) is 0 Å². The highest BCUT2D eigenvalue weighted by Crippen LogP contribution is 2.29. The predicted octanol–water partition coefficient (Wildman–Crippen LogP) is 2.60. The summed E-state index contributed by atoms with van der Waals surface area (Å²) in [5.74, 6) is 0.161. The number of amides is 2. The fourth-order valence-corrected chi connectivity index (χ4v) is 2.39. The van der Waals surface area contributed by atoms with Gasteiger partial charge in [-0.05, 0) is 51.3 Å². The molecule has 1 aromatic rings. The van der Waals surface area contributed by atoms with Crippen molar-refractivity contribution in [3.63, 3.8) is 0 Å². The molecule has 2 rings (SSSR count). The van der Waals surface area contributed by atoms with Gasteiger partial charge in [0.05, 0.1) is 12.8 Å². The molecular formula is C16H22N2O4. The molecule has 0 bridgehead atoms. The molecule has 1 aliphatic rings. The monoisotopic (exact) mass is 306 g/mol. The number of hydrogen-bond donors (Lipinski definition) is 1. The molecule has 120 valence electrons. The summed E-state index contributed by atoms with van der Waals surface area (Å²) >= 11 is 0. The van der Waals surface area contributed by atoms with Gasteiger partial charge in [0.15, 0.2) is 0 Å². The number of nitrogen functional groups attached to an aromatic ring is 1. The van der Waals surface area contributed by atoms with E-state index in [0.29, 0.717) is 36.4 Å². The van der Waals surface area contributed by atoms with E-state index in [1.54, 1.807) is 32.9 Å². The molecule has 1 aromatic carbocycles. The second kappa shape index (κ2) is 5.87. The Kier molecular flexibility index (Phi) is 4.30. The van der Waals surface area contributed by atoms with Gasteiger partial charge in [0.2, 0.25) is 0 Å².